The van der Waals surface area contributed by atoms with E-state index in [1.165, 1.54) is 18.2 Å². The van der Waals surface area contributed by atoms with Gasteiger partial charge < -0.3 is 15.2 Å². The van der Waals surface area contributed by atoms with Gasteiger partial charge in [0.1, 0.15) is 23.9 Å². The molecule has 0 aliphatic carbocycles. The molecular formula is C12H11BrF3N3O2. The van der Waals surface area contributed by atoms with Gasteiger partial charge in [-0.1, -0.05) is 0 Å². The van der Waals surface area contributed by atoms with E-state index >= 15 is 0 Å². The molecule has 2 N–H and O–H groups in total. The van der Waals surface area contributed by atoms with Crippen molar-refractivity contribution >= 4 is 21.7 Å². The summed E-state index contributed by atoms with van der Waals surface area (Å²) in [6.45, 7) is 0.767. The van der Waals surface area contributed by atoms with Crippen LogP contribution in [0, 0.1) is 0 Å². The zero-order chi connectivity index (χ0) is 15.5. The third-order valence-corrected chi connectivity index (χ3v) is 3.00. The number of alkyl halides is 3. The van der Waals surface area contributed by atoms with Crippen LogP contribution in [0.1, 0.15) is 0 Å². The summed E-state index contributed by atoms with van der Waals surface area (Å²) in [6, 6.07) is 5.63. The molecule has 0 aliphatic rings. The van der Waals surface area contributed by atoms with Crippen molar-refractivity contribution in [3.63, 3.8) is 0 Å². The van der Waals surface area contributed by atoms with Crippen LogP contribution in [0.15, 0.2) is 34.9 Å². The predicted molar refractivity (Wildman–Crippen MR) is 73.0 cm³/mol. The summed E-state index contributed by atoms with van der Waals surface area (Å²) in [5, 5.41) is 3.97. The molecule has 114 valence electrons. The maximum atomic E-state index is 12.1. The Bertz CT molecular complexity index is 616. The van der Waals surface area contributed by atoms with Crippen LogP contribution in [-0.4, -0.2) is 22.7 Å². The Morgan fingerprint density at radius 1 is 1.29 bits per heavy atom. The number of nitrogens with zero attached hydrogens (tertiary/aromatic N) is 2. The minimum atomic E-state index is -4.73. The first-order valence-corrected chi connectivity index (χ1v) is 6.60. The van der Waals surface area contributed by atoms with Gasteiger partial charge in [0.2, 0.25) is 0 Å². The van der Waals surface area contributed by atoms with Gasteiger partial charge in [0.05, 0.1) is 11.0 Å². The highest BCUT2D eigenvalue weighted by Crippen LogP contribution is 2.33. The minimum absolute atomic E-state index is 0.153. The molecule has 5 nitrogen and oxygen atoms in total. The van der Waals surface area contributed by atoms with Gasteiger partial charge in [0.15, 0.2) is 0 Å². The fourth-order valence-electron chi connectivity index (χ4n) is 1.54. The summed E-state index contributed by atoms with van der Waals surface area (Å²) in [5.74, 6) is 0.498. The molecule has 9 heteroatoms. The normalized spacial score (nSPS) is 11.4. The quantitative estimate of drug-likeness (QED) is 0.883. The van der Waals surface area contributed by atoms with Gasteiger partial charge in [-0.25, -0.2) is 0 Å². The molecule has 0 saturated carbocycles. The molecule has 0 bridgehead atoms. The topological polar surface area (TPSA) is 62.3 Å². The Balaban J connectivity index is 1.91. The van der Waals surface area contributed by atoms with E-state index < -0.39 is 6.36 Å². The van der Waals surface area contributed by atoms with Gasteiger partial charge in [-0.15, -0.1) is 13.2 Å². The average molecular weight is 366 g/mol. The number of anilines is 1. The molecule has 1 heterocycles. The van der Waals surface area contributed by atoms with Crippen LogP contribution < -0.4 is 15.2 Å². The predicted octanol–water partition coefficient (Wildman–Crippen LogP) is 3.21. The summed E-state index contributed by atoms with van der Waals surface area (Å²) in [5.41, 5.74) is 5.46. The number of hydrogen-bond acceptors (Lipinski definition) is 4. The zero-order valence-corrected chi connectivity index (χ0v) is 12.2. The standard InChI is InChI=1S/C12H11BrF3N3O2/c13-9-7-8(1-2-10(9)21-12(14,15)16)20-6-5-19-4-3-11(17)18-19/h1-4,7H,5-6H2,(H2,17,18). The lowest BCUT2D eigenvalue weighted by atomic mass is 10.3. The number of benzene rings is 1. The molecule has 0 amide bonds. The van der Waals surface area contributed by atoms with Crippen molar-refractivity contribution in [2.24, 2.45) is 0 Å². The van der Waals surface area contributed by atoms with Crippen molar-refractivity contribution in [2.75, 3.05) is 12.3 Å². The molecule has 0 fully saturated rings. The Morgan fingerprint density at radius 3 is 2.62 bits per heavy atom. The highest BCUT2D eigenvalue weighted by molar-refractivity contribution is 9.10. The van der Waals surface area contributed by atoms with Crippen molar-refractivity contribution in [1.82, 2.24) is 9.78 Å². The lowest BCUT2D eigenvalue weighted by Gasteiger charge is -2.12. The maximum Gasteiger partial charge on any atom is 0.573 e. The van der Waals surface area contributed by atoms with Gasteiger partial charge >= 0.3 is 6.36 Å². The highest BCUT2D eigenvalue weighted by atomic mass is 79.9. The van der Waals surface area contributed by atoms with Crippen LogP contribution in [0.25, 0.3) is 0 Å². The maximum absolute atomic E-state index is 12.1. The number of hydrogen-bond donors (Lipinski definition) is 1. The first-order valence-electron chi connectivity index (χ1n) is 5.80. The van der Waals surface area contributed by atoms with E-state index in [-0.39, 0.29) is 10.2 Å². The van der Waals surface area contributed by atoms with Crippen LogP contribution in [0.5, 0.6) is 11.5 Å². The Morgan fingerprint density at radius 2 is 2.05 bits per heavy atom. The lowest BCUT2D eigenvalue weighted by molar-refractivity contribution is -0.274. The Kier molecular flexibility index (Phi) is 4.61. The Labute approximate surface area is 126 Å². The molecule has 2 aromatic rings. The van der Waals surface area contributed by atoms with E-state index in [2.05, 4.69) is 25.8 Å². The van der Waals surface area contributed by atoms with E-state index in [1.54, 1.807) is 16.9 Å². The summed E-state index contributed by atoms with van der Waals surface area (Å²) in [6.07, 6.45) is -3.03. The van der Waals surface area contributed by atoms with Crippen LogP contribution in [-0.2, 0) is 6.54 Å². The third-order valence-electron chi connectivity index (χ3n) is 2.38. The smallest absolute Gasteiger partial charge is 0.492 e. The van der Waals surface area contributed by atoms with Crippen LogP contribution in [0.4, 0.5) is 19.0 Å². The third kappa shape index (κ3) is 4.85. The number of rotatable bonds is 5. The van der Waals surface area contributed by atoms with Crippen LogP contribution >= 0.6 is 15.9 Å². The first kappa shape index (κ1) is 15.5. The van der Waals surface area contributed by atoms with Gasteiger partial charge in [-0.2, -0.15) is 5.10 Å². The monoisotopic (exact) mass is 365 g/mol. The second kappa shape index (κ2) is 6.25. The van der Waals surface area contributed by atoms with Crippen molar-refractivity contribution in [2.45, 2.75) is 12.9 Å². The second-order valence-electron chi connectivity index (χ2n) is 3.99. The largest absolute Gasteiger partial charge is 0.573 e. The van der Waals surface area contributed by atoms with Crippen LogP contribution in [0.3, 0.4) is 0 Å². The number of ether oxygens (including phenoxy) is 2. The molecule has 0 unspecified atom stereocenters. The minimum Gasteiger partial charge on any atom is -0.492 e. The van der Waals surface area contributed by atoms with Crippen molar-refractivity contribution in [3.05, 3.63) is 34.9 Å². The molecule has 0 atom stereocenters. The van der Waals surface area contributed by atoms with Gasteiger partial charge in [-0.3, -0.25) is 4.68 Å². The fourth-order valence-corrected chi connectivity index (χ4v) is 1.98. The van der Waals surface area contributed by atoms with E-state index in [4.69, 9.17) is 10.5 Å². The molecule has 1 aromatic heterocycles. The van der Waals surface area contributed by atoms with Gasteiger partial charge in [0, 0.05) is 6.20 Å². The van der Waals surface area contributed by atoms with Crippen molar-refractivity contribution in [3.8, 4) is 11.5 Å². The molecule has 0 aliphatic heterocycles. The van der Waals surface area contributed by atoms with Gasteiger partial charge in [-0.05, 0) is 40.2 Å². The summed E-state index contributed by atoms with van der Waals surface area (Å²) in [7, 11) is 0. The van der Waals surface area contributed by atoms with E-state index in [0.29, 0.717) is 24.7 Å². The molecule has 2 rings (SSSR count). The van der Waals surface area contributed by atoms with E-state index in [0.717, 1.165) is 0 Å². The molecular weight excluding hydrogens is 355 g/mol. The SMILES string of the molecule is Nc1ccn(CCOc2ccc(OC(F)(F)F)c(Br)c2)n1. The van der Waals surface area contributed by atoms with Gasteiger partial charge in [0.25, 0.3) is 0 Å². The average Bonchev–Trinajstić information content (AvgIpc) is 2.77. The zero-order valence-electron chi connectivity index (χ0n) is 10.6. The number of halogens is 4. The summed E-state index contributed by atoms with van der Waals surface area (Å²) in [4.78, 5) is 0. The fraction of sp³-hybridized carbons (Fsp3) is 0.250. The van der Waals surface area contributed by atoms with Crippen LogP contribution in [0.2, 0.25) is 0 Å². The van der Waals surface area contributed by atoms with E-state index in [9.17, 15) is 13.2 Å². The molecule has 0 radical (unpaired) electrons. The van der Waals surface area contributed by atoms with Crippen molar-refractivity contribution in [1.29, 1.82) is 0 Å². The lowest BCUT2D eigenvalue weighted by Crippen LogP contribution is -2.17. The number of nitrogen functional groups attached to an aromatic ring is 1. The second-order valence-corrected chi connectivity index (χ2v) is 4.85. The Hall–Kier alpha value is -1.90. The molecule has 21 heavy (non-hydrogen) atoms. The van der Waals surface area contributed by atoms with Crippen molar-refractivity contribution < 1.29 is 22.6 Å². The van der Waals surface area contributed by atoms with E-state index in [1.807, 2.05) is 0 Å². The molecule has 0 saturated heterocycles. The molecule has 0 spiro atoms. The first-order chi connectivity index (χ1) is 9.83. The summed E-state index contributed by atoms with van der Waals surface area (Å²) < 4.78 is 47.4. The summed E-state index contributed by atoms with van der Waals surface area (Å²) >= 11 is 3.00. The number of nitrogens with two attached hydrogens (primary N) is 1. The highest BCUT2D eigenvalue weighted by Gasteiger charge is 2.31. The molecule has 1 aromatic carbocycles. The number of aromatic nitrogens is 2.